The standard InChI is InChI=1S/C7H14ClNOS/c1-3-6(5-11-2)9-7(10)4-8/h6H,3-5H2,1-2H3,(H,9,10). The molecular weight excluding hydrogens is 182 g/mol. The second-order valence-electron chi connectivity index (χ2n) is 2.26. The number of alkyl halides is 1. The number of thioether (sulfide) groups is 1. The molecule has 0 saturated carbocycles. The molecule has 0 aliphatic rings. The number of carbonyl (C=O) groups is 1. The van der Waals surface area contributed by atoms with Gasteiger partial charge in [0.05, 0.1) is 0 Å². The van der Waals surface area contributed by atoms with E-state index in [1.807, 2.05) is 6.26 Å². The fraction of sp³-hybridized carbons (Fsp3) is 0.857. The van der Waals surface area contributed by atoms with E-state index < -0.39 is 0 Å². The van der Waals surface area contributed by atoms with Crippen LogP contribution >= 0.6 is 23.4 Å². The van der Waals surface area contributed by atoms with Crippen molar-refractivity contribution in [2.24, 2.45) is 0 Å². The molecule has 0 rings (SSSR count). The zero-order valence-electron chi connectivity index (χ0n) is 6.89. The third-order valence-electron chi connectivity index (χ3n) is 1.35. The molecule has 11 heavy (non-hydrogen) atoms. The van der Waals surface area contributed by atoms with Crippen molar-refractivity contribution >= 4 is 29.3 Å². The molecule has 0 radical (unpaired) electrons. The van der Waals surface area contributed by atoms with Crippen LogP contribution in [0.1, 0.15) is 13.3 Å². The molecule has 0 fully saturated rings. The van der Waals surface area contributed by atoms with Gasteiger partial charge in [-0.15, -0.1) is 11.6 Å². The van der Waals surface area contributed by atoms with Crippen molar-refractivity contribution in [2.45, 2.75) is 19.4 Å². The SMILES string of the molecule is CCC(CSC)NC(=O)CCl. The number of amides is 1. The summed E-state index contributed by atoms with van der Waals surface area (Å²) in [5.74, 6) is 0.942. The Hall–Kier alpha value is 0.110. The van der Waals surface area contributed by atoms with Crippen LogP contribution in [0.5, 0.6) is 0 Å². The number of hydrogen-bond donors (Lipinski definition) is 1. The highest BCUT2D eigenvalue weighted by atomic mass is 35.5. The third-order valence-corrected chi connectivity index (χ3v) is 2.33. The first-order chi connectivity index (χ1) is 5.24. The Morgan fingerprint density at radius 1 is 1.73 bits per heavy atom. The van der Waals surface area contributed by atoms with Gasteiger partial charge in [-0.2, -0.15) is 11.8 Å². The van der Waals surface area contributed by atoms with Gasteiger partial charge >= 0.3 is 0 Å². The summed E-state index contributed by atoms with van der Waals surface area (Å²) in [5.41, 5.74) is 0. The number of rotatable bonds is 5. The largest absolute Gasteiger partial charge is 0.352 e. The molecule has 1 amide bonds. The molecular formula is C7H14ClNOS. The Bertz CT molecular complexity index is 121. The van der Waals surface area contributed by atoms with E-state index in [4.69, 9.17) is 11.6 Å². The summed E-state index contributed by atoms with van der Waals surface area (Å²) in [4.78, 5) is 10.8. The van der Waals surface area contributed by atoms with Gasteiger partial charge in [-0.3, -0.25) is 4.79 Å². The summed E-state index contributed by atoms with van der Waals surface area (Å²) >= 11 is 7.06. The first-order valence-electron chi connectivity index (χ1n) is 3.58. The molecule has 0 aromatic rings. The highest BCUT2D eigenvalue weighted by Crippen LogP contribution is 2.00. The normalized spacial score (nSPS) is 12.6. The van der Waals surface area contributed by atoms with Crippen molar-refractivity contribution in [3.8, 4) is 0 Å². The maximum absolute atomic E-state index is 10.8. The van der Waals surface area contributed by atoms with Gasteiger partial charge in [-0.1, -0.05) is 6.92 Å². The quantitative estimate of drug-likeness (QED) is 0.674. The second kappa shape index (κ2) is 6.80. The Morgan fingerprint density at radius 3 is 2.73 bits per heavy atom. The van der Waals surface area contributed by atoms with Crippen LogP contribution in [-0.4, -0.2) is 29.8 Å². The average Bonchev–Trinajstić information content (AvgIpc) is 2.03. The van der Waals surface area contributed by atoms with Gasteiger partial charge in [0.2, 0.25) is 5.91 Å². The van der Waals surface area contributed by atoms with E-state index in [1.54, 1.807) is 11.8 Å². The molecule has 0 aromatic heterocycles. The van der Waals surface area contributed by atoms with E-state index >= 15 is 0 Å². The van der Waals surface area contributed by atoms with Gasteiger partial charge in [0.15, 0.2) is 0 Å². The molecule has 1 atom stereocenters. The van der Waals surface area contributed by atoms with Crippen LogP contribution in [0.15, 0.2) is 0 Å². The lowest BCUT2D eigenvalue weighted by Crippen LogP contribution is -2.36. The number of halogens is 1. The summed E-state index contributed by atoms with van der Waals surface area (Å²) in [5, 5.41) is 2.83. The predicted octanol–water partition coefficient (Wildman–Crippen LogP) is 1.48. The Balaban J connectivity index is 3.58. The molecule has 0 heterocycles. The smallest absolute Gasteiger partial charge is 0.235 e. The monoisotopic (exact) mass is 195 g/mol. The summed E-state index contributed by atoms with van der Waals surface area (Å²) < 4.78 is 0. The first kappa shape index (κ1) is 11.1. The predicted molar refractivity (Wildman–Crippen MR) is 51.3 cm³/mol. The molecule has 4 heteroatoms. The molecule has 2 nitrogen and oxygen atoms in total. The molecule has 0 aromatic carbocycles. The number of carbonyl (C=O) groups excluding carboxylic acids is 1. The van der Waals surface area contributed by atoms with Crippen LogP contribution in [0, 0.1) is 0 Å². The molecule has 0 bridgehead atoms. The number of hydrogen-bond acceptors (Lipinski definition) is 2. The van der Waals surface area contributed by atoms with Crippen molar-refractivity contribution in [1.82, 2.24) is 5.32 Å². The maximum Gasteiger partial charge on any atom is 0.235 e. The molecule has 0 aliphatic carbocycles. The molecule has 0 saturated heterocycles. The lowest BCUT2D eigenvalue weighted by molar-refractivity contribution is -0.119. The van der Waals surface area contributed by atoms with Gasteiger partial charge in [-0.25, -0.2) is 0 Å². The highest BCUT2D eigenvalue weighted by molar-refractivity contribution is 7.98. The number of nitrogens with one attached hydrogen (secondary N) is 1. The molecule has 0 aliphatic heterocycles. The van der Waals surface area contributed by atoms with E-state index in [-0.39, 0.29) is 17.8 Å². The summed E-state index contributed by atoms with van der Waals surface area (Å²) in [7, 11) is 0. The zero-order chi connectivity index (χ0) is 8.69. The second-order valence-corrected chi connectivity index (χ2v) is 3.44. The summed E-state index contributed by atoms with van der Waals surface area (Å²) in [6.45, 7) is 2.05. The van der Waals surface area contributed by atoms with E-state index in [0.717, 1.165) is 12.2 Å². The fourth-order valence-corrected chi connectivity index (χ4v) is 1.53. The zero-order valence-corrected chi connectivity index (χ0v) is 8.47. The minimum Gasteiger partial charge on any atom is -0.352 e. The van der Waals surface area contributed by atoms with Gasteiger partial charge in [0, 0.05) is 11.8 Å². The molecule has 0 spiro atoms. The van der Waals surface area contributed by atoms with Crippen LogP contribution in [-0.2, 0) is 4.79 Å². The van der Waals surface area contributed by atoms with E-state index in [0.29, 0.717) is 0 Å². The molecule has 1 N–H and O–H groups in total. The molecule has 1 unspecified atom stereocenters. The Labute approximate surface area is 77.1 Å². The van der Waals surface area contributed by atoms with Crippen LogP contribution in [0.2, 0.25) is 0 Å². The van der Waals surface area contributed by atoms with Gasteiger partial charge in [-0.05, 0) is 12.7 Å². The van der Waals surface area contributed by atoms with Crippen molar-refractivity contribution in [2.75, 3.05) is 17.9 Å². The van der Waals surface area contributed by atoms with E-state index in [9.17, 15) is 4.79 Å². The van der Waals surface area contributed by atoms with Crippen molar-refractivity contribution < 1.29 is 4.79 Å². The van der Waals surface area contributed by atoms with Crippen molar-refractivity contribution in [3.05, 3.63) is 0 Å². The summed E-state index contributed by atoms with van der Waals surface area (Å²) in [6, 6.07) is 0.274. The fourth-order valence-electron chi connectivity index (χ4n) is 0.729. The highest BCUT2D eigenvalue weighted by Gasteiger charge is 2.07. The summed E-state index contributed by atoms with van der Waals surface area (Å²) in [6.07, 6.45) is 2.99. The van der Waals surface area contributed by atoms with Crippen molar-refractivity contribution in [1.29, 1.82) is 0 Å². The van der Waals surface area contributed by atoms with Crippen LogP contribution < -0.4 is 5.32 Å². The van der Waals surface area contributed by atoms with E-state index in [1.165, 1.54) is 0 Å². The van der Waals surface area contributed by atoms with Gasteiger partial charge in [0.1, 0.15) is 5.88 Å². The Morgan fingerprint density at radius 2 is 2.36 bits per heavy atom. The third kappa shape index (κ3) is 5.39. The lowest BCUT2D eigenvalue weighted by Gasteiger charge is -2.14. The minimum absolute atomic E-state index is 0.0604. The van der Waals surface area contributed by atoms with Gasteiger partial charge in [0.25, 0.3) is 0 Å². The maximum atomic E-state index is 10.8. The minimum atomic E-state index is -0.0763. The topological polar surface area (TPSA) is 29.1 Å². The Kier molecular flexibility index (Phi) is 6.87. The lowest BCUT2D eigenvalue weighted by atomic mass is 10.2. The van der Waals surface area contributed by atoms with Gasteiger partial charge < -0.3 is 5.32 Å². The van der Waals surface area contributed by atoms with Crippen LogP contribution in [0.3, 0.4) is 0 Å². The van der Waals surface area contributed by atoms with Crippen LogP contribution in [0.4, 0.5) is 0 Å². The van der Waals surface area contributed by atoms with Crippen molar-refractivity contribution in [3.63, 3.8) is 0 Å². The van der Waals surface area contributed by atoms with E-state index in [2.05, 4.69) is 12.2 Å². The molecule has 66 valence electrons. The average molecular weight is 196 g/mol. The first-order valence-corrected chi connectivity index (χ1v) is 5.51. The van der Waals surface area contributed by atoms with Crippen LogP contribution in [0.25, 0.3) is 0 Å².